The summed E-state index contributed by atoms with van der Waals surface area (Å²) in [7, 11) is 1.67. The van der Waals surface area contributed by atoms with Crippen molar-refractivity contribution in [2.24, 2.45) is 0 Å². The summed E-state index contributed by atoms with van der Waals surface area (Å²) >= 11 is 0. The summed E-state index contributed by atoms with van der Waals surface area (Å²) in [5.74, 6) is 0.156. The van der Waals surface area contributed by atoms with E-state index in [-0.39, 0.29) is 18.1 Å². The Morgan fingerprint density at radius 3 is 2.27 bits per heavy atom. The fourth-order valence-electron chi connectivity index (χ4n) is 1.32. The SMILES string of the molecule is CCN(CC)C(=O)C(C)NCC(C)OC. The van der Waals surface area contributed by atoms with E-state index in [0.29, 0.717) is 6.54 Å². The van der Waals surface area contributed by atoms with Gasteiger partial charge in [0.2, 0.25) is 5.91 Å². The smallest absolute Gasteiger partial charge is 0.239 e. The number of nitrogens with one attached hydrogen (secondary N) is 1. The van der Waals surface area contributed by atoms with Gasteiger partial charge in [-0.3, -0.25) is 4.79 Å². The third-order valence-corrected chi connectivity index (χ3v) is 2.56. The number of nitrogens with zero attached hydrogens (tertiary/aromatic N) is 1. The number of rotatable bonds is 7. The third kappa shape index (κ3) is 5.14. The van der Waals surface area contributed by atoms with Crippen LogP contribution < -0.4 is 5.32 Å². The zero-order chi connectivity index (χ0) is 11.8. The van der Waals surface area contributed by atoms with Crippen LogP contribution in [-0.4, -0.2) is 49.7 Å². The molecule has 90 valence electrons. The summed E-state index contributed by atoms with van der Waals surface area (Å²) < 4.78 is 5.11. The Bertz CT molecular complexity index is 181. The summed E-state index contributed by atoms with van der Waals surface area (Å²) in [4.78, 5) is 13.7. The Labute approximate surface area is 93.0 Å². The summed E-state index contributed by atoms with van der Waals surface area (Å²) in [5, 5.41) is 3.17. The van der Waals surface area contributed by atoms with Crippen LogP contribution in [0.3, 0.4) is 0 Å². The molecule has 0 heterocycles. The largest absolute Gasteiger partial charge is 0.380 e. The van der Waals surface area contributed by atoms with Gasteiger partial charge in [0.15, 0.2) is 0 Å². The predicted molar refractivity (Wildman–Crippen MR) is 61.9 cm³/mol. The van der Waals surface area contributed by atoms with Gasteiger partial charge in [-0.2, -0.15) is 0 Å². The van der Waals surface area contributed by atoms with Crippen LogP contribution in [0.1, 0.15) is 27.7 Å². The van der Waals surface area contributed by atoms with Crippen LogP contribution in [0.15, 0.2) is 0 Å². The summed E-state index contributed by atoms with van der Waals surface area (Å²) in [6, 6.07) is -0.137. The number of ether oxygens (including phenoxy) is 1. The minimum absolute atomic E-state index is 0.136. The Hall–Kier alpha value is -0.610. The van der Waals surface area contributed by atoms with E-state index < -0.39 is 0 Å². The zero-order valence-electron chi connectivity index (χ0n) is 10.5. The van der Waals surface area contributed by atoms with E-state index in [4.69, 9.17) is 4.74 Å². The van der Waals surface area contributed by atoms with E-state index in [1.54, 1.807) is 7.11 Å². The minimum atomic E-state index is -0.137. The molecule has 0 aromatic carbocycles. The van der Waals surface area contributed by atoms with Crippen molar-refractivity contribution in [1.29, 1.82) is 0 Å². The molecule has 15 heavy (non-hydrogen) atoms. The number of carbonyl (C=O) groups excluding carboxylic acids is 1. The Balaban J connectivity index is 3.97. The zero-order valence-corrected chi connectivity index (χ0v) is 10.5. The molecule has 1 amide bonds. The number of hydrogen-bond donors (Lipinski definition) is 1. The van der Waals surface area contributed by atoms with E-state index in [9.17, 15) is 4.79 Å². The molecule has 0 aliphatic rings. The second kappa shape index (κ2) is 7.65. The highest BCUT2D eigenvalue weighted by Crippen LogP contribution is 1.95. The van der Waals surface area contributed by atoms with Crippen molar-refractivity contribution < 1.29 is 9.53 Å². The van der Waals surface area contributed by atoms with Gasteiger partial charge < -0.3 is 15.0 Å². The van der Waals surface area contributed by atoms with Crippen molar-refractivity contribution in [3.05, 3.63) is 0 Å². The molecule has 0 saturated carbocycles. The summed E-state index contributed by atoms with van der Waals surface area (Å²) in [5.41, 5.74) is 0. The van der Waals surface area contributed by atoms with Crippen LogP contribution in [0.4, 0.5) is 0 Å². The van der Waals surface area contributed by atoms with Gasteiger partial charge >= 0.3 is 0 Å². The van der Waals surface area contributed by atoms with Crippen molar-refractivity contribution >= 4 is 5.91 Å². The van der Waals surface area contributed by atoms with Gasteiger partial charge in [0.05, 0.1) is 12.1 Å². The van der Waals surface area contributed by atoms with Crippen LogP contribution in [-0.2, 0) is 9.53 Å². The molecule has 1 N–H and O–H groups in total. The van der Waals surface area contributed by atoms with Crippen molar-refractivity contribution in [2.45, 2.75) is 39.8 Å². The molecule has 0 aromatic rings. The summed E-state index contributed by atoms with van der Waals surface area (Å²) in [6.07, 6.45) is 0.136. The van der Waals surface area contributed by atoms with Gasteiger partial charge in [0.1, 0.15) is 0 Å². The van der Waals surface area contributed by atoms with Crippen molar-refractivity contribution in [3.8, 4) is 0 Å². The molecule has 4 nitrogen and oxygen atoms in total. The lowest BCUT2D eigenvalue weighted by atomic mass is 10.2. The van der Waals surface area contributed by atoms with Crippen LogP contribution in [0.5, 0.6) is 0 Å². The predicted octanol–water partition coefficient (Wildman–Crippen LogP) is 0.868. The maximum absolute atomic E-state index is 11.8. The van der Waals surface area contributed by atoms with Crippen LogP contribution in [0.2, 0.25) is 0 Å². The average Bonchev–Trinajstić information content (AvgIpc) is 2.26. The van der Waals surface area contributed by atoms with Gasteiger partial charge in [0.25, 0.3) is 0 Å². The highest BCUT2D eigenvalue weighted by atomic mass is 16.5. The molecule has 0 aliphatic heterocycles. The standard InChI is InChI=1S/C11H24N2O2/c1-6-13(7-2)11(14)10(4)12-8-9(3)15-5/h9-10,12H,6-8H2,1-5H3. The fourth-order valence-corrected chi connectivity index (χ4v) is 1.32. The van der Waals surface area contributed by atoms with Crippen molar-refractivity contribution in [2.75, 3.05) is 26.7 Å². The Morgan fingerprint density at radius 2 is 1.87 bits per heavy atom. The topological polar surface area (TPSA) is 41.6 Å². The molecule has 0 aliphatic carbocycles. The molecule has 0 aromatic heterocycles. The first-order valence-corrected chi connectivity index (χ1v) is 5.61. The summed E-state index contributed by atoms with van der Waals surface area (Å²) in [6.45, 7) is 10.1. The maximum atomic E-state index is 11.8. The second-order valence-corrected chi connectivity index (χ2v) is 3.69. The third-order valence-electron chi connectivity index (χ3n) is 2.56. The van der Waals surface area contributed by atoms with Crippen LogP contribution in [0, 0.1) is 0 Å². The molecule has 0 fully saturated rings. The van der Waals surface area contributed by atoms with E-state index in [2.05, 4.69) is 5.32 Å². The quantitative estimate of drug-likeness (QED) is 0.686. The van der Waals surface area contributed by atoms with Gasteiger partial charge in [-0.25, -0.2) is 0 Å². The monoisotopic (exact) mass is 216 g/mol. The lowest BCUT2D eigenvalue weighted by molar-refractivity contribution is -0.132. The molecular weight excluding hydrogens is 192 g/mol. The molecule has 0 rings (SSSR count). The lowest BCUT2D eigenvalue weighted by Crippen LogP contribution is -2.46. The molecule has 0 spiro atoms. The Kier molecular flexibility index (Phi) is 7.34. The molecule has 0 saturated heterocycles. The van der Waals surface area contributed by atoms with E-state index in [1.165, 1.54) is 0 Å². The fraction of sp³-hybridized carbons (Fsp3) is 0.909. The maximum Gasteiger partial charge on any atom is 0.239 e. The van der Waals surface area contributed by atoms with Gasteiger partial charge in [-0.05, 0) is 27.7 Å². The Morgan fingerprint density at radius 1 is 1.33 bits per heavy atom. The number of methoxy groups -OCH3 is 1. The van der Waals surface area contributed by atoms with E-state index in [1.807, 2.05) is 32.6 Å². The highest BCUT2D eigenvalue weighted by molar-refractivity contribution is 5.81. The van der Waals surface area contributed by atoms with E-state index >= 15 is 0 Å². The van der Waals surface area contributed by atoms with Gasteiger partial charge in [-0.15, -0.1) is 0 Å². The normalized spacial score (nSPS) is 14.7. The first-order chi connectivity index (χ1) is 7.06. The van der Waals surface area contributed by atoms with Crippen molar-refractivity contribution in [3.63, 3.8) is 0 Å². The van der Waals surface area contributed by atoms with Crippen LogP contribution in [0.25, 0.3) is 0 Å². The lowest BCUT2D eigenvalue weighted by Gasteiger charge is -2.24. The first kappa shape index (κ1) is 14.4. The number of amides is 1. The average molecular weight is 216 g/mol. The van der Waals surface area contributed by atoms with Gasteiger partial charge in [0, 0.05) is 26.7 Å². The molecular formula is C11H24N2O2. The number of likely N-dealkylation sites (N-methyl/N-ethyl adjacent to an activating group) is 1. The molecule has 4 heteroatoms. The molecule has 0 bridgehead atoms. The van der Waals surface area contributed by atoms with E-state index in [0.717, 1.165) is 13.1 Å². The van der Waals surface area contributed by atoms with Gasteiger partial charge in [-0.1, -0.05) is 0 Å². The first-order valence-electron chi connectivity index (χ1n) is 5.61. The second-order valence-electron chi connectivity index (χ2n) is 3.69. The number of hydrogen-bond acceptors (Lipinski definition) is 3. The minimum Gasteiger partial charge on any atom is -0.380 e. The highest BCUT2D eigenvalue weighted by Gasteiger charge is 2.17. The molecule has 2 unspecified atom stereocenters. The molecule has 2 atom stereocenters. The van der Waals surface area contributed by atoms with Crippen molar-refractivity contribution in [1.82, 2.24) is 10.2 Å². The molecule has 0 radical (unpaired) electrons. The van der Waals surface area contributed by atoms with Crippen LogP contribution >= 0.6 is 0 Å². The number of carbonyl (C=O) groups is 1.